The fraction of sp³-hybridized carbons (Fsp3) is 0.500. The zero-order valence-electron chi connectivity index (χ0n) is 15.5. The summed E-state index contributed by atoms with van der Waals surface area (Å²) in [5.74, 6) is 0.836. The lowest BCUT2D eigenvalue weighted by molar-refractivity contribution is -0.185. The predicted molar refractivity (Wildman–Crippen MR) is 101 cm³/mol. The molecule has 1 aliphatic heterocycles. The molecule has 2 rings (SSSR count). The van der Waals surface area contributed by atoms with Crippen LogP contribution in [0.25, 0.3) is 0 Å². The second-order valence-corrected chi connectivity index (χ2v) is 7.70. The molecule has 1 aromatic rings. The summed E-state index contributed by atoms with van der Waals surface area (Å²) in [5.41, 5.74) is 1.28. The van der Waals surface area contributed by atoms with Gasteiger partial charge in [-0.3, -0.25) is 9.59 Å². The van der Waals surface area contributed by atoms with E-state index in [0.29, 0.717) is 25.0 Å². The van der Waals surface area contributed by atoms with Crippen molar-refractivity contribution in [2.45, 2.75) is 50.6 Å². The summed E-state index contributed by atoms with van der Waals surface area (Å²) in [5, 5.41) is -1.48. The van der Waals surface area contributed by atoms with E-state index in [-0.39, 0.29) is 0 Å². The molecule has 0 aromatic heterocycles. The van der Waals surface area contributed by atoms with Crippen LogP contribution in [-0.2, 0) is 24.5 Å². The van der Waals surface area contributed by atoms with Gasteiger partial charge in [-0.2, -0.15) is 0 Å². The van der Waals surface area contributed by atoms with Crippen LogP contribution in [0.1, 0.15) is 51.2 Å². The molecule has 0 bridgehead atoms. The fourth-order valence-electron chi connectivity index (χ4n) is 3.15. The average molecular weight is 376 g/mol. The Balaban J connectivity index is 2.28. The maximum absolute atomic E-state index is 12.6. The largest absolute Gasteiger partial charge is 0.468 e. The quantitative estimate of drug-likeness (QED) is 0.280. The van der Waals surface area contributed by atoms with Gasteiger partial charge in [0.25, 0.3) is 0 Å². The Labute approximate surface area is 159 Å². The van der Waals surface area contributed by atoms with Crippen LogP contribution in [0, 0.1) is 18.3 Å². The standard InChI is InChI=1S/C20H24O5S/c1-6-8-14(17(21)23-5)18(22)25-20(26)12-19(3,4)15-11-13(7-2)9-10-16(15)24-20/h2,9-11,14,26H,6,8,12H2,1,3-5H3. The van der Waals surface area contributed by atoms with Crippen molar-refractivity contribution < 1.29 is 23.8 Å². The lowest BCUT2D eigenvalue weighted by atomic mass is 9.78. The highest BCUT2D eigenvalue weighted by atomic mass is 32.1. The van der Waals surface area contributed by atoms with Crippen LogP contribution in [0.2, 0.25) is 0 Å². The van der Waals surface area contributed by atoms with Gasteiger partial charge < -0.3 is 14.2 Å². The summed E-state index contributed by atoms with van der Waals surface area (Å²) in [6, 6.07) is 5.39. The summed E-state index contributed by atoms with van der Waals surface area (Å²) in [4.78, 5) is 24.4. The van der Waals surface area contributed by atoms with Crippen LogP contribution < -0.4 is 4.74 Å². The van der Waals surface area contributed by atoms with Crippen molar-refractivity contribution in [3.05, 3.63) is 29.3 Å². The molecule has 26 heavy (non-hydrogen) atoms. The van der Waals surface area contributed by atoms with E-state index in [1.54, 1.807) is 12.1 Å². The van der Waals surface area contributed by atoms with Crippen LogP contribution in [0.3, 0.4) is 0 Å². The van der Waals surface area contributed by atoms with E-state index in [0.717, 1.165) is 11.1 Å². The minimum atomic E-state index is -1.48. The molecule has 5 nitrogen and oxygen atoms in total. The third-order valence-electron chi connectivity index (χ3n) is 4.42. The Bertz CT molecular complexity index is 749. The molecular formula is C20H24O5S. The summed E-state index contributed by atoms with van der Waals surface area (Å²) in [6.07, 6.45) is 6.75. The molecule has 1 heterocycles. The summed E-state index contributed by atoms with van der Waals surface area (Å²) in [7, 11) is 1.24. The molecule has 0 radical (unpaired) electrons. The van der Waals surface area contributed by atoms with E-state index >= 15 is 0 Å². The number of rotatable bonds is 5. The smallest absolute Gasteiger partial charge is 0.324 e. The normalized spacial score (nSPS) is 21.5. The van der Waals surface area contributed by atoms with Crippen LogP contribution in [-0.4, -0.2) is 24.2 Å². The molecule has 0 spiro atoms. The van der Waals surface area contributed by atoms with Crippen LogP contribution in [0.15, 0.2) is 18.2 Å². The van der Waals surface area contributed by atoms with Crippen molar-refractivity contribution in [3.8, 4) is 18.1 Å². The van der Waals surface area contributed by atoms with Gasteiger partial charge in [0.05, 0.1) is 7.11 Å². The third-order valence-corrected chi connectivity index (χ3v) is 4.76. The Morgan fingerprint density at radius 1 is 1.38 bits per heavy atom. The molecule has 2 atom stereocenters. The maximum Gasteiger partial charge on any atom is 0.324 e. The minimum absolute atomic E-state index is 0.301. The number of esters is 2. The number of thiol groups is 1. The highest BCUT2D eigenvalue weighted by Crippen LogP contribution is 2.47. The van der Waals surface area contributed by atoms with E-state index in [9.17, 15) is 9.59 Å². The monoisotopic (exact) mass is 376 g/mol. The molecule has 1 aliphatic rings. The van der Waals surface area contributed by atoms with E-state index in [1.165, 1.54) is 7.11 Å². The molecule has 0 saturated carbocycles. The Morgan fingerprint density at radius 3 is 2.65 bits per heavy atom. The van der Waals surface area contributed by atoms with E-state index in [4.69, 9.17) is 20.6 Å². The molecule has 0 amide bonds. The van der Waals surface area contributed by atoms with Gasteiger partial charge in [-0.05, 0) is 24.6 Å². The predicted octanol–water partition coefficient (Wildman–Crippen LogP) is 3.44. The Hall–Kier alpha value is -2.13. The second kappa shape index (κ2) is 7.63. The highest BCUT2D eigenvalue weighted by Gasteiger charge is 2.47. The van der Waals surface area contributed by atoms with Crippen LogP contribution in [0.4, 0.5) is 0 Å². The third kappa shape index (κ3) is 4.16. The van der Waals surface area contributed by atoms with Crippen LogP contribution in [0.5, 0.6) is 5.75 Å². The lowest BCUT2D eigenvalue weighted by Gasteiger charge is -2.42. The topological polar surface area (TPSA) is 61.8 Å². The number of ether oxygens (including phenoxy) is 3. The van der Waals surface area contributed by atoms with Gasteiger partial charge >= 0.3 is 17.1 Å². The van der Waals surface area contributed by atoms with Gasteiger partial charge in [0.15, 0.2) is 5.92 Å². The number of methoxy groups -OCH3 is 1. The zero-order chi connectivity index (χ0) is 19.5. The maximum atomic E-state index is 12.6. The van der Waals surface area contributed by atoms with Gasteiger partial charge in [-0.15, -0.1) is 6.42 Å². The molecular weight excluding hydrogens is 352 g/mol. The highest BCUT2D eigenvalue weighted by molar-refractivity contribution is 7.81. The van der Waals surface area contributed by atoms with Crippen molar-refractivity contribution >= 4 is 24.6 Å². The summed E-state index contributed by atoms with van der Waals surface area (Å²) in [6.45, 7) is 5.87. The number of hydrogen-bond donors (Lipinski definition) is 1. The summed E-state index contributed by atoms with van der Waals surface area (Å²) >= 11 is 4.48. The molecule has 0 fully saturated rings. The number of hydrogen-bond acceptors (Lipinski definition) is 6. The van der Waals surface area contributed by atoms with Crippen molar-refractivity contribution in [1.29, 1.82) is 0 Å². The molecule has 2 unspecified atom stereocenters. The van der Waals surface area contributed by atoms with Gasteiger partial charge in [0.1, 0.15) is 5.75 Å². The first-order valence-electron chi connectivity index (χ1n) is 8.49. The first kappa shape index (κ1) is 20.2. The molecule has 0 aliphatic carbocycles. The number of carbonyl (C=O) groups is 2. The van der Waals surface area contributed by atoms with Gasteiger partial charge in [-0.1, -0.05) is 45.7 Å². The molecule has 0 N–H and O–H groups in total. The molecule has 1 aromatic carbocycles. The second-order valence-electron chi connectivity index (χ2n) is 7.02. The zero-order valence-corrected chi connectivity index (χ0v) is 16.4. The van der Waals surface area contributed by atoms with Crippen molar-refractivity contribution in [2.24, 2.45) is 5.92 Å². The molecule has 0 saturated heterocycles. The first-order chi connectivity index (χ1) is 12.2. The van der Waals surface area contributed by atoms with Gasteiger partial charge in [0.2, 0.25) is 0 Å². The minimum Gasteiger partial charge on any atom is -0.468 e. The van der Waals surface area contributed by atoms with Crippen molar-refractivity contribution in [3.63, 3.8) is 0 Å². The average Bonchev–Trinajstić information content (AvgIpc) is 2.57. The van der Waals surface area contributed by atoms with E-state index < -0.39 is 28.4 Å². The van der Waals surface area contributed by atoms with Gasteiger partial charge in [-0.25, -0.2) is 0 Å². The first-order valence-corrected chi connectivity index (χ1v) is 8.93. The van der Waals surface area contributed by atoms with Crippen molar-refractivity contribution in [2.75, 3.05) is 7.11 Å². The van der Waals surface area contributed by atoms with Gasteiger partial charge in [0, 0.05) is 23.0 Å². The lowest BCUT2D eigenvalue weighted by Crippen LogP contribution is -2.47. The Morgan fingerprint density at radius 2 is 2.08 bits per heavy atom. The van der Waals surface area contributed by atoms with Crippen LogP contribution >= 0.6 is 12.6 Å². The number of fused-ring (bicyclic) bond motifs is 1. The van der Waals surface area contributed by atoms with Crippen molar-refractivity contribution in [1.82, 2.24) is 0 Å². The van der Waals surface area contributed by atoms with E-state index in [2.05, 4.69) is 18.5 Å². The number of benzene rings is 1. The Kier molecular flexibility index (Phi) is 5.92. The fourth-order valence-corrected chi connectivity index (χ4v) is 3.73. The number of carbonyl (C=O) groups excluding carboxylic acids is 2. The molecule has 140 valence electrons. The summed E-state index contributed by atoms with van der Waals surface area (Å²) < 4.78 is 16.1. The molecule has 6 heteroatoms. The SMILES string of the molecule is C#Cc1ccc2c(c1)C(C)(C)CC(S)(OC(=O)C(CCC)C(=O)OC)O2. The number of terminal acetylenes is 1. The van der Waals surface area contributed by atoms with E-state index in [1.807, 2.05) is 26.8 Å².